The van der Waals surface area contributed by atoms with Crippen molar-refractivity contribution in [3.05, 3.63) is 59.7 Å². The van der Waals surface area contributed by atoms with Gasteiger partial charge >= 0.3 is 0 Å². The largest absolute Gasteiger partial charge is 0.343 e. The van der Waals surface area contributed by atoms with Crippen molar-refractivity contribution in [1.29, 1.82) is 5.26 Å². The molecule has 1 saturated heterocycles. The highest BCUT2D eigenvalue weighted by Gasteiger charge is 2.34. The van der Waals surface area contributed by atoms with Crippen LogP contribution in [0.15, 0.2) is 53.4 Å². The Morgan fingerprint density at radius 2 is 1.73 bits per heavy atom. The summed E-state index contributed by atoms with van der Waals surface area (Å²) >= 11 is 0. The van der Waals surface area contributed by atoms with E-state index in [1.54, 1.807) is 29.2 Å². The first-order valence-electron chi connectivity index (χ1n) is 11.0. The van der Waals surface area contributed by atoms with Gasteiger partial charge in [-0.25, -0.2) is 8.42 Å². The van der Waals surface area contributed by atoms with Gasteiger partial charge in [-0.3, -0.25) is 9.59 Å². The third-order valence-electron chi connectivity index (χ3n) is 5.83. The second kappa shape index (κ2) is 10.6. The molecule has 0 radical (unpaired) electrons. The molecule has 33 heavy (non-hydrogen) atoms. The minimum atomic E-state index is -3.78. The lowest BCUT2D eigenvalue weighted by molar-refractivity contribution is -0.136. The molecule has 1 N–H and O–H groups in total. The molecule has 2 aromatic rings. The molecule has 3 rings (SSSR count). The Balaban J connectivity index is 1.70. The summed E-state index contributed by atoms with van der Waals surface area (Å²) in [6.07, 6.45) is 1.30. The van der Waals surface area contributed by atoms with Gasteiger partial charge in [0.1, 0.15) is 0 Å². The Hall–Kier alpha value is -3.22. The van der Waals surface area contributed by atoms with Gasteiger partial charge < -0.3 is 10.2 Å². The molecular weight excluding hydrogens is 440 g/mol. The molecule has 8 nitrogen and oxygen atoms in total. The molecule has 1 unspecified atom stereocenters. The zero-order valence-electron chi connectivity index (χ0n) is 18.8. The van der Waals surface area contributed by atoms with Gasteiger partial charge in [0.2, 0.25) is 15.9 Å². The monoisotopic (exact) mass is 468 g/mol. The minimum Gasteiger partial charge on any atom is -0.343 e. The Labute approximate surface area is 194 Å². The van der Waals surface area contributed by atoms with E-state index in [0.717, 1.165) is 0 Å². The molecule has 1 aliphatic rings. The van der Waals surface area contributed by atoms with Crippen LogP contribution in [0.3, 0.4) is 0 Å². The lowest BCUT2D eigenvalue weighted by Crippen LogP contribution is -2.46. The molecule has 0 aliphatic carbocycles. The number of hydrogen-bond acceptors (Lipinski definition) is 5. The zero-order valence-corrected chi connectivity index (χ0v) is 19.6. The molecule has 2 amide bonds. The number of piperidine rings is 1. The van der Waals surface area contributed by atoms with E-state index < -0.39 is 10.0 Å². The Bertz CT molecular complexity index is 1130. The van der Waals surface area contributed by atoms with E-state index in [-0.39, 0.29) is 29.2 Å². The topological polar surface area (TPSA) is 111 Å². The van der Waals surface area contributed by atoms with Crippen molar-refractivity contribution >= 4 is 27.5 Å². The Morgan fingerprint density at radius 3 is 2.30 bits per heavy atom. The lowest BCUT2D eigenvalue weighted by atomic mass is 9.98. The van der Waals surface area contributed by atoms with Gasteiger partial charge in [0, 0.05) is 37.4 Å². The summed E-state index contributed by atoms with van der Waals surface area (Å²) in [5.74, 6) is -0.730. The highest BCUT2D eigenvalue weighted by atomic mass is 32.2. The van der Waals surface area contributed by atoms with E-state index in [2.05, 4.69) is 5.32 Å². The maximum Gasteiger partial charge on any atom is 0.255 e. The number of carbonyl (C=O) groups excluding carboxylic acids is 2. The summed E-state index contributed by atoms with van der Waals surface area (Å²) in [5, 5.41) is 11.6. The SMILES string of the molecule is CCN(CC)C(=O)C1CCCN(S(=O)(=O)c2ccc(C(=O)Nc3ccc(C#N)cc3)cc2)C1. The molecular formula is C24H28N4O4S. The molecule has 0 bridgehead atoms. The van der Waals surface area contributed by atoms with Crippen LogP contribution in [0.1, 0.15) is 42.6 Å². The van der Waals surface area contributed by atoms with Gasteiger partial charge in [-0.1, -0.05) is 0 Å². The van der Waals surface area contributed by atoms with Crippen LogP contribution < -0.4 is 5.32 Å². The molecule has 1 aliphatic heterocycles. The number of nitrogens with zero attached hydrogens (tertiary/aromatic N) is 3. The first kappa shape index (κ1) is 24.4. The predicted molar refractivity (Wildman–Crippen MR) is 125 cm³/mol. The highest BCUT2D eigenvalue weighted by Crippen LogP contribution is 2.25. The lowest BCUT2D eigenvalue weighted by Gasteiger charge is -2.33. The van der Waals surface area contributed by atoms with Crippen LogP contribution in [0, 0.1) is 17.2 Å². The second-order valence-electron chi connectivity index (χ2n) is 7.88. The van der Waals surface area contributed by atoms with Crippen molar-refractivity contribution in [2.24, 2.45) is 5.92 Å². The summed E-state index contributed by atoms with van der Waals surface area (Å²) in [4.78, 5) is 27.0. The third kappa shape index (κ3) is 5.59. The minimum absolute atomic E-state index is 0.00489. The van der Waals surface area contributed by atoms with Crippen LogP contribution >= 0.6 is 0 Å². The summed E-state index contributed by atoms with van der Waals surface area (Å²) in [6, 6.07) is 14.2. The van der Waals surface area contributed by atoms with Crippen LogP contribution in [0.25, 0.3) is 0 Å². The maximum absolute atomic E-state index is 13.2. The second-order valence-corrected chi connectivity index (χ2v) is 9.82. The van der Waals surface area contributed by atoms with Crippen molar-refractivity contribution in [3.8, 4) is 6.07 Å². The number of amides is 2. The fourth-order valence-electron chi connectivity index (χ4n) is 3.91. The molecule has 174 valence electrons. The van der Waals surface area contributed by atoms with Gasteiger partial charge in [-0.2, -0.15) is 9.57 Å². The standard InChI is InChI=1S/C24H28N4O4S/c1-3-27(4-2)24(30)20-6-5-15-28(17-20)33(31,32)22-13-9-19(10-14-22)23(29)26-21-11-7-18(16-25)8-12-21/h7-14,20H,3-6,15,17H2,1-2H3,(H,26,29). The number of benzene rings is 2. The van der Waals surface area contributed by atoms with Gasteiger partial charge in [-0.05, 0) is 75.2 Å². The summed E-state index contributed by atoms with van der Waals surface area (Å²) < 4.78 is 27.7. The molecule has 1 heterocycles. The number of carbonyl (C=O) groups is 2. The fraction of sp³-hybridized carbons (Fsp3) is 0.375. The molecule has 0 spiro atoms. The quantitative estimate of drug-likeness (QED) is 0.671. The smallest absolute Gasteiger partial charge is 0.255 e. The summed E-state index contributed by atoms with van der Waals surface area (Å²) in [5.41, 5.74) is 1.33. The zero-order chi connectivity index (χ0) is 24.0. The van der Waals surface area contributed by atoms with Crippen LogP contribution in [0.2, 0.25) is 0 Å². The molecule has 0 saturated carbocycles. The Kier molecular flexibility index (Phi) is 7.84. The van der Waals surface area contributed by atoms with Crippen molar-refractivity contribution in [2.75, 3.05) is 31.5 Å². The summed E-state index contributed by atoms with van der Waals surface area (Å²) in [7, 11) is -3.78. The van der Waals surface area contributed by atoms with Crippen LogP contribution in [-0.4, -0.2) is 55.6 Å². The Morgan fingerprint density at radius 1 is 1.09 bits per heavy atom. The molecule has 0 aromatic heterocycles. The van der Waals surface area contributed by atoms with E-state index in [4.69, 9.17) is 5.26 Å². The number of rotatable bonds is 7. The molecule has 1 fully saturated rings. The molecule has 2 aromatic carbocycles. The number of nitriles is 1. The number of anilines is 1. The van der Waals surface area contributed by atoms with E-state index in [1.165, 1.54) is 28.6 Å². The highest BCUT2D eigenvalue weighted by molar-refractivity contribution is 7.89. The average molecular weight is 469 g/mol. The number of nitrogens with one attached hydrogen (secondary N) is 1. The van der Waals surface area contributed by atoms with Crippen LogP contribution in [0.5, 0.6) is 0 Å². The maximum atomic E-state index is 13.2. The fourth-order valence-corrected chi connectivity index (χ4v) is 5.44. The molecule has 9 heteroatoms. The van der Waals surface area contributed by atoms with Gasteiger partial charge in [0.25, 0.3) is 5.91 Å². The van der Waals surface area contributed by atoms with Crippen molar-refractivity contribution < 1.29 is 18.0 Å². The van der Waals surface area contributed by atoms with E-state index in [0.29, 0.717) is 49.3 Å². The van der Waals surface area contributed by atoms with Gasteiger partial charge in [-0.15, -0.1) is 0 Å². The van der Waals surface area contributed by atoms with Crippen molar-refractivity contribution in [3.63, 3.8) is 0 Å². The normalized spacial score (nSPS) is 16.6. The van der Waals surface area contributed by atoms with E-state index in [9.17, 15) is 18.0 Å². The van der Waals surface area contributed by atoms with Crippen LogP contribution in [-0.2, 0) is 14.8 Å². The number of hydrogen-bond donors (Lipinski definition) is 1. The third-order valence-corrected chi connectivity index (χ3v) is 7.71. The molecule has 1 atom stereocenters. The predicted octanol–water partition coefficient (Wildman–Crippen LogP) is 3.08. The van der Waals surface area contributed by atoms with E-state index >= 15 is 0 Å². The number of sulfonamides is 1. The summed E-state index contributed by atoms with van der Waals surface area (Å²) in [6.45, 7) is 5.56. The van der Waals surface area contributed by atoms with Gasteiger partial charge in [0.15, 0.2) is 0 Å². The average Bonchev–Trinajstić information content (AvgIpc) is 2.85. The van der Waals surface area contributed by atoms with Gasteiger partial charge in [0.05, 0.1) is 22.4 Å². The van der Waals surface area contributed by atoms with Crippen molar-refractivity contribution in [2.45, 2.75) is 31.6 Å². The van der Waals surface area contributed by atoms with Crippen LogP contribution in [0.4, 0.5) is 5.69 Å². The van der Waals surface area contributed by atoms with E-state index in [1.807, 2.05) is 19.9 Å². The van der Waals surface area contributed by atoms with Crippen molar-refractivity contribution in [1.82, 2.24) is 9.21 Å². The first-order valence-corrected chi connectivity index (χ1v) is 12.4. The first-order chi connectivity index (χ1) is 15.8.